The van der Waals surface area contributed by atoms with Gasteiger partial charge in [-0.3, -0.25) is 4.72 Å². The van der Waals surface area contributed by atoms with E-state index in [1.807, 2.05) is 0 Å². The van der Waals surface area contributed by atoms with Crippen LogP contribution in [-0.2, 0) is 10.0 Å². The number of anilines is 1. The second-order valence-corrected chi connectivity index (χ2v) is 7.03. The molecule has 1 aromatic heterocycles. The first-order valence-corrected chi connectivity index (χ1v) is 8.42. The Labute approximate surface area is 130 Å². The third-order valence-electron chi connectivity index (χ3n) is 3.02. The third kappa shape index (κ3) is 2.78. The molecular weight excluding hydrogens is 324 g/mol. The zero-order valence-electron chi connectivity index (χ0n) is 11.1. The summed E-state index contributed by atoms with van der Waals surface area (Å²) in [5.74, 6) is -1.10. The van der Waals surface area contributed by atoms with Gasteiger partial charge in [0.15, 0.2) is 0 Å². The predicted molar refractivity (Wildman–Crippen MR) is 83.8 cm³/mol. The molecule has 1 heterocycles. The Hall–Kier alpha value is -2.45. The number of carbonyl (C=O) groups is 1. The van der Waals surface area contributed by atoms with E-state index in [4.69, 9.17) is 5.11 Å². The van der Waals surface area contributed by atoms with Crippen molar-refractivity contribution in [2.45, 2.75) is 4.90 Å². The van der Waals surface area contributed by atoms with Gasteiger partial charge in [0, 0.05) is 17.3 Å². The monoisotopic (exact) mass is 334 g/mol. The fourth-order valence-electron chi connectivity index (χ4n) is 1.93. The standard InChI is InChI=1S/C14H10N2O4S2/c17-14(18)9-1-4-12(5-2-9)22(19,20)16-11-3-6-13-10(7-11)8-15-21-13/h1-8,16H,(H,17,18). The molecule has 8 heteroatoms. The van der Waals surface area contributed by atoms with Crippen molar-refractivity contribution in [3.8, 4) is 0 Å². The number of fused-ring (bicyclic) bond motifs is 1. The van der Waals surface area contributed by atoms with E-state index in [-0.39, 0.29) is 10.5 Å². The molecule has 0 unspecified atom stereocenters. The van der Waals surface area contributed by atoms with E-state index in [2.05, 4.69) is 9.10 Å². The highest BCUT2D eigenvalue weighted by molar-refractivity contribution is 7.92. The molecule has 0 spiro atoms. The van der Waals surface area contributed by atoms with Crippen molar-refractivity contribution in [1.29, 1.82) is 0 Å². The summed E-state index contributed by atoms with van der Waals surface area (Å²) in [7, 11) is -3.77. The number of hydrogen-bond donors (Lipinski definition) is 2. The lowest BCUT2D eigenvalue weighted by Crippen LogP contribution is -2.13. The topological polar surface area (TPSA) is 96.4 Å². The van der Waals surface area contributed by atoms with Gasteiger partial charge in [-0.25, -0.2) is 13.2 Å². The van der Waals surface area contributed by atoms with Crippen LogP contribution in [0.4, 0.5) is 5.69 Å². The number of hydrogen-bond acceptors (Lipinski definition) is 5. The highest BCUT2D eigenvalue weighted by Gasteiger charge is 2.15. The maximum absolute atomic E-state index is 12.3. The highest BCUT2D eigenvalue weighted by atomic mass is 32.2. The van der Waals surface area contributed by atoms with Crippen LogP contribution in [0, 0.1) is 0 Å². The predicted octanol–water partition coefficient (Wildman–Crippen LogP) is 2.80. The first-order chi connectivity index (χ1) is 10.5. The van der Waals surface area contributed by atoms with Crippen LogP contribution in [0.5, 0.6) is 0 Å². The fourth-order valence-corrected chi connectivity index (χ4v) is 3.60. The largest absolute Gasteiger partial charge is 0.478 e. The Morgan fingerprint density at radius 1 is 1.14 bits per heavy atom. The quantitative estimate of drug-likeness (QED) is 0.765. The van der Waals surface area contributed by atoms with Crippen molar-refractivity contribution in [2.24, 2.45) is 0 Å². The van der Waals surface area contributed by atoms with E-state index in [0.717, 1.165) is 10.1 Å². The van der Waals surface area contributed by atoms with Crippen molar-refractivity contribution in [3.63, 3.8) is 0 Å². The van der Waals surface area contributed by atoms with Gasteiger partial charge in [-0.05, 0) is 54.0 Å². The van der Waals surface area contributed by atoms with Gasteiger partial charge < -0.3 is 5.11 Å². The Bertz CT molecular complexity index is 946. The molecule has 112 valence electrons. The van der Waals surface area contributed by atoms with Crippen molar-refractivity contribution in [3.05, 3.63) is 54.2 Å². The first kappa shape index (κ1) is 14.5. The molecule has 0 bridgehead atoms. The smallest absolute Gasteiger partial charge is 0.335 e. The lowest BCUT2D eigenvalue weighted by atomic mass is 10.2. The van der Waals surface area contributed by atoms with Gasteiger partial charge in [-0.1, -0.05) is 0 Å². The maximum Gasteiger partial charge on any atom is 0.335 e. The second-order valence-electron chi connectivity index (χ2n) is 4.51. The molecule has 0 amide bonds. The van der Waals surface area contributed by atoms with Crippen molar-refractivity contribution < 1.29 is 18.3 Å². The van der Waals surface area contributed by atoms with Gasteiger partial charge in [0.2, 0.25) is 0 Å². The van der Waals surface area contributed by atoms with Crippen molar-refractivity contribution in [2.75, 3.05) is 4.72 Å². The SMILES string of the molecule is O=C(O)c1ccc(S(=O)(=O)Nc2ccc3sncc3c2)cc1. The molecule has 2 aromatic carbocycles. The normalized spacial score (nSPS) is 11.5. The first-order valence-electron chi connectivity index (χ1n) is 6.16. The fraction of sp³-hybridized carbons (Fsp3) is 0. The van der Waals surface area contributed by atoms with Gasteiger partial charge >= 0.3 is 5.97 Å². The van der Waals surface area contributed by atoms with Crippen LogP contribution < -0.4 is 4.72 Å². The zero-order chi connectivity index (χ0) is 15.7. The molecule has 0 radical (unpaired) electrons. The Morgan fingerprint density at radius 2 is 1.86 bits per heavy atom. The summed E-state index contributed by atoms with van der Waals surface area (Å²) < 4.78 is 32.0. The molecule has 0 atom stereocenters. The number of nitrogens with zero attached hydrogens (tertiary/aromatic N) is 1. The summed E-state index contributed by atoms with van der Waals surface area (Å²) in [4.78, 5) is 10.8. The average Bonchev–Trinajstić information content (AvgIpc) is 2.94. The summed E-state index contributed by atoms with van der Waals surface area (Å²) in [5, 5.41) is 9.68. The summed E-state index contributed by atoms with van der Waals surface area (Å²) in [6, 6.07) is 10.2. The Morgan fingerprint density at radius 3 is 2.55 bits per heavy atom. The molecule has 3 aromatic rings. The minimum absolute atomic E-state index is 0.000963. The zero-order valence-corrected chi connectivity index (χ0v) is 12.7. The molecule has 0 aliphatic rings. The third-order valence-corrected chi connectivity index (χ3v) is 5.19. The Kier molecular flexibility index (Phi) is 3.55. The lowest BCUT2D eigenvalue weighted by molar-refractivity contribution is 0.0696. The molecule has 0 aliphatic carbocycles. The number of aromatic nitrogens is 1. The van der Waals surface area contributed by atoms with E-state index in [0.29, 0.717) is 5.69 Å². The molecule has 2 N–H and O–H groups in total. The Balaban J connectivity index is 1.90. The minimum atomic E-state index is -3.77. The van der Waals surface area contributed by atoms with Crippen LogP contribution in [0.15, 0.2) is 53.6 Å². The molecular formula is C14H10N2O4S2. The summed E-state index contributed by atoms with van der Waals surface area (Å²) in [6.07, 6.45) is 1.67. The minimum Gasteiger partial charge on any atom is -0.478 e. The summed E-state index contributed by atoms with van der Waals surface area (Å²) >= 11 is 1.33. The van der Waals surface area contributed by atoms with Gasteiger partial charge in [0.1, 0.15) is 0 Å². The van der Waals surface area contributed by atoms with E-state index in [9.17, 15) is 13.2 Å². The van der Waals surface area contributed by atoms with Crippen molar-refractivity contribution >= 4 is 43.3 Å². The second kappa shape index (κ2) is 5.39. The molecule has 0 saturated carbocycles. The van der Waals surface area contributed by atoms with Gasteiger partial charge in [-0.15, -0.1) is 0 Å². The lowest BCUT2D eigenvalue weighted by Gasteiger charge is -2.08. The van der Waals surface area contributed by atoms with Crippen LogP contribution in [0.3, 0.4) is 0 Å². The molecule has 0 fully saturated rings. The van der Waals surface area contributed by atoms with Crippen LogP contribution in [0.25, 0.3) is 10.1 Å². The van der Waals surface area contributed by atoms with Crippen molar-refractivity contribution in [1.82, 2.24) is 4.37 Å². The van der Waals surface area contributed by atoms with E-state index < -0.39 is 16.0 Å². The van der Waals surface area contributed by atoms with Crippen LogP contribution in [-0.4, -0.2) is 23.9 Å². The molecule has 0 saturated heterocycles. The number of carboxylic acids is 1. The molecule has 0 aliphatic heterocycles. The van der Waals surface area contributed by atoms with E-state index >= 15 is 0 Å². The number of aromatic carboxylic acids is 1. The number of carboxylic acid groups (broad SMARTS) is 1. The van der Waals surface area contributed by atoms with E-state index in [1.165, 1.54) is 35.8 Å². The van der Waals surface area contributed by atoms with E-state index in [1.54, 1.807) is 24.4 Å². The van der Waals surface area contributed by atoms with Crippen LogP contribution >= 0.6 is 11.5 Å². The number of sulfonamides is 1. The molecule has 3 rings (SSSR count). The van der Waals surface area contributed by atoms with Crippen LogP contribution in [0.1, 0.15) is 10.4 Å². The average molecular weight is 334 g/mol. The van der Waals surface area contributed by atoms with Gasteiger partial charge in [-0.2, -0.15) is 4.37 Å². The number of rotatable bonds is 4. The van der Waals surface area contributed by atoms with Gasteiger partial charge in [0.25, 0.3) is 10.0 Å². The van der Waals surface area contributed by atoms with Gasteiger partial charge in [0.05, 0.1) is 15.2 Å². The summed E-state index contributed by atoms with van der Waals surface area (Å²) in [6.45, 7) is 0. The highest BCUT2D eigenvalue weighted by Crippen LogP contribution is 2.24. The number of benzene rings is 2. The maximum atomic E-state index is 12.3. The van der Waals surface area contributed by atoms with Crippen LogP contribution in [0.2, 0.25) is 0 Å². The molecule has 6 nitrogen and oxygen atoms in total. The molecule has 22 heavy (non-hydrogen) atoms. The summed E-state index contributed by atoms with van der Waals surface area (Å²) in [5.41, 5.74) is 0.458. The number of nitrogens with one attached hydrogen (secondary N) is 1.